The van der Waals surface area contributed by atoms with E-state index >= 15 is 4.79 Å². The minimum absolute atomic E-state index is 0.00740. The summed E-state index contributed by atoms with van der Waals surface area (Å²) in [6, 6.07) is 74.4. The highest BCUT2D eigenvalue weighted by molar-refractivity contribution is 8.02. The van der Waals surface area contributed by atoms with Crippen molar-refractivity contribution in [3.8, 4) is 11.8 Å². The number of carbonyl (C=O) groups is 3. The van der Waals surface area contributed by atoms with E-state index in [0.29, 0.717) is 36.3 Å². The van der Waals surface area contributed by atoms with Gasteiger partial charge >= 0.3 is 5.97 Å². The van der Waals surface area contributed by atoms with Crippen LogP contribution in [0.1, 0.15) is 50.2 Å². The van der Waals surface area contributed by atoms with Crippen LogP contribution in [-0.4, -0.2) is 63.4 Å². The van der Waals surface area contributed by atoms with Gasteiger partial charge in [0.1, 0.15) is 52.3 Å². The van der Waals surface area contributed by atoms with E-state index in [4.69, 9.17) is 24.5 Å². The fourth-order valence-corrected chi connectivity index (χ4v) is 15.4. The molecule has 2 amide bonds. The predicted molar refractivity (Wildman–Crippen MR) is 340 cm³/mol. The number of oxime groups is 1. The van der Waals surface area contributed by atoms with Crippen molar-refractivity contribution < 1.29 is 28.7 Å². The van der Waals surface area contributed by atoms with Crippen LogP contribution in [0, 0.1) is 11.3 Å². The fraction of sp³-hybridized carbons (Fsp3) is 0.116. The second kappa shape index (κ2) is 25.3. The number of anilines is 1. The lowest BCUT2D eigenvalue weighted by atomic mass is 9.77. The molecule has 0 spiro atoms. The second-order valence-corrected chi connectivity index (χ2v) is 24.3. The quantitative estimate of drug-likeness (QED) is 0.0185. The Morgan fingerprint density at radius 3 is 1.77 bits per heavy atom. The molecular formula is C69H52N6O7S4. The van der Waals surface area contributed by atoms with Gasteiger partial charge < -0.3 is 24.9 Å². The highest BCUT2D eigenvalue weighted by Gasteiger charge is 2.55. The number of hydrogen-bond acceptors (Lipinski definition) is 15. The number of β-lactam (4-membered cyclic amide) rings is 1. The van der Waals surface area contributed by atoms with Gasteiger partial charge in [0.2, 0.25) is 11.0 Å². The van der Waals surface area contributed by atoms with Crippen LogP contribution in [0.3, 0.4) is 0 Å². The van der Waals surface area contributed by atoms with Crippen LogP contribution in [0.2, 0.25) is 0 Å². The van der Waals surface area contributed by atoms with E-state index in [2.05, 4.69) is 53.1 Å². The molecule has 0 aliphatic carbocycles. The summed E-state index contributed by atoms with van der Waals surface area (Å²) < 4.78 is 12.5. The van der Waals surface area contributed by atoms with Crippen molar-refractivity contribution in [1.82, 2.24) is 15.2 Å². The maximum atomic E-state index is 15.6. The average Bonchev–Trinajstić information content (AvgIpc) is 3.08. The van der Waals surface area contributed by atoms with Gasteiger partial charge in [-0.15, -0.1) is 46.2 Å². The first-order chi connectivity index (χ1) is 42.2. The molecule has 17 heteroatoms. The highest BCUT2D eigenvalue weighted by atomic mass is 32.2. The number of aromatic nitrogens is 1. The van der Waals surface area contributed by atoms with Crippen LogP contribution in [0.4, 0.5) is 5.13 Å². The van der Waals surface area contributed by atoms with Gasteiger partial charge in [-0.2, -0.15) is 5.26 Å². The maximum Gasteiger partial charge on any atom is 0.355 e. The van der Waals surface area contributed by atoms with Gasteiger partial charge in [-0.3, -0.25) is 19.3 Å². The minimum Gasteiger partial charge on any atom is -0.497 e. The largest absolute Gasteiger partial charge is 0.497 e. The van der Waals surface area contributed by atoms with Crippen molar-refractivity contribution >= 4 is 84.9 Å². The zero-order chi connectivity index (χ0) is 59.0. The van der Waals surface area contributed by atoms with Gasteiger partial charge in [0.15, 0.2) is 10.8 Å². The standard InChI is InChI=1S/C69H52N6O7S4/c1-80-53-38-36-45(37-39-53)41-81-65(79)60-46(43-84-66-55(40-70)61(76)54-34-20-21-35-57(54)86-66)42-83-64-59(63(78)75(60)64)72-62(77)58(74-82-69(50-28-14-5-15-29-50,51-30-16-6-17-31-51)52-32-18-7-19-33-52)56-44-85-67(71-56)73-68(47-22-8-2-9-23-47,48-24-10-3-11-25-48)49-26-12-4-13-27-49/h2-39,44,59,64H,41-43H2,1H3,(H,71,73)(H,72,77)/b74-58-/t59?,64-/m0/s1. The number of carbonyl (C=O) groups excluding carboxylic acids is 3. The van der Waals surface area contributed by atoms with Gasteiger partial charge in [-0.25, -0.2) is 9.78 Å². The van der Waals surface area contributed by atoms with E-state index in [9.17, 15) is 19.6 Å². The van der Waals surface area contributed by atoms with E-state index in [1.165, 1.54) is 51.1 Å². The number of thiazole rings is 1. The molecule has 2 aliphatic rings. The number of esters is 1. The van der Waals surface area contributed by atoms with E-state index in [1.54, 1.807) is 48.9 Å². The Morgan fingerprint density at radius 1 is 0.709 bits per heavy atom. The summed E-state index contributed by atoms with van der Waals surface area (Å²) >= 11 is 5.21. The molecule has 1 saturated heterocycles. The number of thioether (sulfide) groups is 2. The van der Waals surface area contributed by atoms with Gasteiger partial charge in [0, 0.05) is 43.7 Å². The third kappa shape index (κ3) is 11.1. The van der Waals surface area contributed by atoms with E-state index < -0.39 is 40.3 Å². The van der Waals surface area contributed by atoms with Crippen LogP contribution < -0.4 is 20.8 Å². The Hall–Kier alpha value is -9.57. The Bertz CT molecular complexity index is 4070. The molecule has 8 aromatic carbocycles. The van der Waals surface area contributed by atoms with Crippen molar-refractivity contribution in [3.63, 3.8) is 0 Å². The number of nitrogens with one attached hydrogen (secondary N) is 2. The Labute approximate surface area is 512 Å². The number of ether oxygens (including phenoxy) is 2. The number of fused-ring (bicyclic) bond motifs is 2. The molecule has 1 unspecified atom stereocenters. The summed E-state index contributed by atoms with van der Waals surface area (Å²) in [5.74, 6) is -1.04. The first-order valence-corrected chi connectivity index (χ1v) is 31.1. The molecule has 424 valence electrons. The molecule has 0 saturated carbocycles. The molecule has 2 N–H and O–H groups in total. The van der Waals surface area contributed by atoms with Crippen molar-refractivity contribution in [2.24, 2.45) is 5.16 Å². The molecule has 2 aromatic heterocycles. The molecule has 13 nitrogen and oxygen atoms in total. The highest BCUT2D eigenvalue weighted by Crippen LogP contribution is 2.45. The van der Waals surface area contributed by atoms with Gasteiger partial charge in [-0.1, -0.05) is 211 Å². The molecule has 4 heterocycles. The van der Waals surface area contributed by atoms with Crippen LogP contribution in [0.5, 0.6) is 5.75 Å². The number of benzene rings is 8. The number of amides is 2. The molecule has 0 radical (unpaired) electrons. The van der Waals surface area contributed by atoms with E-state index in [1.807, 2.05) is 158 Å². The summed E-state index contributed by atoms with van der Waals surface area (Å²) in [4.78, 5) is 72.2. The number of hydrogen-bond donors (Lipinski definition) is 2. The van der Waals surface area contributed by atoms with Crippen molar-refractivity contribution in [3.05, 3.63) is 308 Å². The molecule has 86 heavy (non-hydrogen) atoms. The summed E-state index contributed by atoms with van der Waals surface area (Å²) in [5, 5.41) is 23.8. The summed E-state index contributed by atoms with van der Waals surface area (Å²) in [6.45, 7) is -0.110. The third-order valence-electron chi connectivity index (χ3n) is 15.0. The summed E-state index contributed by atoms with van der Waals surface area (Å²) in [5.41, 5.74) is 3.49. The lowest BCUT2D eigenvalue weighted by Gasteiger charge is -2.49. The predicted octanol–water partition coefficient (Wildman–Crippen LogP) is 12.9. The molecule has 1 fully saturated rings. The Balaban J connectivity index is 0.923. The van der Waals surface area contributed by atoms with Crippen LogP contribution in [-0.2, 0) is 41.7 Å². The zero-order valence-electron chi connectivity index (χ0n) is 46.1. The van der Waals surface area contributed by atoms with Gasteiger partial charge in [0.25, 0.3) is 11.8 Å². The lowest BCUT2D eigenvalue weighted by molar-refractivity contribution is -0.153. The Kier molecular flexibility index (Phi) is 16.8. The topological polar surface area (TPSA) is 172 Å². The van der Waals surface area contributed by atoms with Gasteiger partial charge in [-0.05, 0) is 52.1 Å². The monoisotopic (exact) mass is 1200 g/mol. The average molecular weight is 1210 g/mol. The smallest absolute Gasteiger partial charge is 0.355 e. The lowest BCUT2D eigenvalue weighted by Crippen LogP contribution is -2.71. The van der Waals surface area contributed by atoms with E-state index in [0.717, 1.165) is 33.4 Å². The summed E-state index contributed by atoms with van der Waals surface area (Å²) in [7, 11) is 1.56. The molecule has 2 atom stereocenters. The third-order valence-corrected chi connectivity index (χ3v) is 19.6. The van der Waals surface area contributed by atoms with Crippen molar-refractivity contribution in [2.75, 3.05) is 23.9 Å². The minimum atomic E-state index is -1.41. The SMILES string of the molecule is COc1ccc(COC(=O)C2=C(CSc3sc4ccccc4c(=O)c3C#N)CS[C@H]3C(NC(=O)/C(=N\OC(c4ccccc4)(c4ccccc4)c4ccccc4)c4csc(NC(c5ccccc5)(c5ccccc5)c5ccccc5)n4)C(=O)N23)cc1. The first-order valence-electron chi connectivity index (χ1n) is 27.4. The molecule has 10 aromatic rings. The van der Waals surface area contributed by atoms with Crippen LogP contribution >= 0.6 is 46.2 Å². The zero-order valence-corrected chi connectivity index (χ0v) is 49.3. The normalized spacial score (nSPS) is 15.0. The van der Waals surface area contributed by atoms with Crippen molar-refractivity contribution in [2.45, 2.75) is 33.4 Å². The maximum absolute atomic E-state index is 15.6. The second-order valence-electron chi connectivity index (χ2n) is 20.0. The molecule has 12 rings (SSSR count). The summed E-state index contributed by atoms with van der Waals surface area (Å²) in [6.07, 6.45) is 0. The van der Waals surface area contributed by atoms with Crippen molar-refractivity contribution in [1.29, 1.82) is 5.26 Å². The Morgan fingerprint density at radius 2 is 1.23 bits per heavy atom. The molecule has 0 bridgehead atoms. The number of nitrogens with zero attached hydrogens (tertiary/aromatic N) is 4. The first kappa shape index (κ1) is 56.9. The number of nitriles is 1. The number of rotatable bonds is 20. The molecule has 2 aliphatic heterocycles. The van der Waals surface area contributed by atoms with E-state index in [-0.39, 0.29) is 46.2 Å². The fourth-order valence-electron chi connectivity index (χ4n) is 10.8. The van der Waals surface area contributed by atoms with Crippen LogP contribution in [0.25, 0.3) is 10.1 Å². The number of methoxy groups -OCH3 is 1. The van der Waals surface area contributed by atoms with Gasteiger partial charge in [0.05, 0.1) is 11.3 Å². The molecular weight excluding hydrogens is 1150 g/mol. The van der Waals surface area contributed by atoms with Crippen LogP contribution in [0.15, 0.2) is 261 Å².